The second kappa shape index (κ2) is 7.48. The van der Waals surface area contributed by atoms with Crippen LogP contribution in [0.3, 0.4) is 0 Å². The summed E-state index contributed by atoms with van der Waals surface area (Å²) in [6.07, 6.45) is 1.81. The second-order valence-electron chi connectivity index (χ2n) is 5.64. The van der Waals surface area contributed by atoms with Gasteiger partial charge in [0, 0.05) is 24.1 Å². The number of rotatable bonds is 6. The van der Waals surface area contributed by atoms with Crippen LogP contribution in [0, 0.1) is 6.92 Å². The van der Waals surface area contributed by atoms with Gasteiger partial charge in [0.1, 0.15) is 6.33 Å². The maximum Gasteiger partial charge on any atom is 0.224 e. The molecule has 1 heterocycles. The first-order valence-electron chi connectivity index (χ1n) is 7.85. The number of benzene rings is 2. The molecule has 0 spiro atoms. The minimum Gasteiger partial charge on any atom is -0.326 e. The zero-order chi connectivity index (χ0) is 17.6. The standard InChI is InChI=1S/C18H17N5O2/c1-13-2-4-14(5-3-13)17(24)10-11-18(25)20-15-6-8-16(9-7-15)23-12-19-21-22-23/h2-9,12H,10-11H2,1H3,(H,20,25). The monoisotopic (exact) mass is 335 g/mol. The Morgan fingerprint density at radius 3 is 2.36 bits per heavy atom. The van der Waals surface area contributed by atoms with Crippen LogP contribution < -0.4 is 5.32 Å². The van der Waals surface area contributed by atoms with E-state index in [4.69, 9.17) is 0 Å². The summed E-state index contributed by atoms with van der Waals surface area (Å²) in [6.45, 7) is 1.96. The van der Waals surface area contributed by atoms with Gasteiger partial charge in [-0.2, -0.15) is 0 Å². The van der Waals surface area contributed by atoms with Gasteiger partial charge in [-0.15, -0.1) is 5.10 Å². The van der Waals surface area contributed by atoms with E-state index in [1.807, 2.05) is 19.1 Å². The average Bonchev–Trinajstić information content (AvgIpc) is 3.15. The van der Waals surface area contributed by atoms with Crippen molar-refractivity contribution in [2.45, 2.75) is 19.8 Å². The molecule has 0 radical (unpaired) electrons. The number of amides is 1. The van der Waals surface area contributed by atoms with Crippen LogP contribution in [0.1, 0.15) is 28.8 Å². The van der Waals surface area contributed by atoms with Crippen LogP contribution in [-0.2, 0) is 4.79 Å². The normalized spacial score (nSPS) is 10.4. The van der Waals surface area contributed by atoms with Crippen LogP contribution in [0.25, 0.3) is 5.69 Å². The average molecular weight is 335 g/mol. The highest BCUT2D eigenvalue weighted by molar-refractivity contribution is 6.00. The summed E-state index contributed by atoms with van der Waals surface area (Å²) in [5.74, 6) is -0.236. The maximum atomic E-state index is 12.1. The SMILES string of the molecule is Cc1ccc(C(=O)CCC(=O)Nc2ccc(-n3cnnn3)cc2)cc1. The van der Waals surface area contributed by atoms with E-state index in [2.05, 4.69) is 20.8 Å². The van der Waals surface area contributed by atoms with Crippen molar-refractivity contribution in [2.24, 2.45) is 0 Å². The van der Waals surface area contributed by atoms with Crippen molar-refractivity contribution >= 4 is 17.4 Å². The molecular formula is C18H17N5O2. The maximum absolute atomic E-state index is 12.1. The van der Waals surface area contributed by atoms with Crippen LogP contribution in [0.2, 0.25) is 0 Å². The Morgan fingerprint density at radius 2 is 1.72 bits per heavy atom. The summed E-state index contributed by atoms with van der Waals surface area (Å²) in [7, 11) is 0. The fourth-order valence-electron chi connectivity index (χ4n) is 2.31. The number of anilines is 1. The van der Waals surface area contributed by atoms with Crippen molar-refractivity contribution in [1.82, 2.24) is 20.2 Å². The molecular weight excluding hydrogens is 318 g/mol. The van der Waals surface area contributed by atoms with Crippen molar-refractivity contribution in [3.05, 3.63) is 66.0 Å². The molecule has 7 nitrogen and oxygen atoms in total. The quantitative estimate of drug-likeness (QED) is 0.699. The molecule has 1 N–H and O–H groups in total. The lowest BCUT2D eigenvalue weighted by molar-refractivity contribution is -0.116. The van der Waals surface area contributed by atoms with Gasteiger partial charge in [-0.3, -0.25) is 9.59 Å². The van der Waals surface area contributed by atoms with Crippen molar-refractivity contribution in [1.29, 1.82) is 0 Å². The van der Waals surface area contributed by atoms with Gasteiger partial charge in [-0.25, -0.2) is 4.68 Å². The van der Waals surface area contributed by atoms with E-state index in [1.54, 1.807) is 36.4 Å². The number of carbonyl (C=O) groups is 2. The molecule has 0 aliphatic rings. The zero-order valence-electron chi connectivity index (χ0n) is 13.7. The fourth-order valence-corrected chi connectivity index (χ4v) is 2.31. The van der Waals surface area contributed by atoms with E-state index < -0.39 is 0 Å². The van der Waals surface area contributed by atoms with Crippen molar-refractivity contribution in [3.8, 4) is 5.69 Å². The molecule has 1 aromatic heterocycles. The van der Waals surface area contributed by atoms with Crippen molar-refractivity contribution in [3.63, 3.8) is 0 Å². The lowest BCUT2D eigenvalue weighted by Crippen LogP contribution is -2.13. The Morgan fingerprint density at radius 1 is 1.00 bits per heavy atom. The fraction of sp³-hybridized carbons (Fsp3) is 0.167. The Balaban J connectivity index is 1.52. The van der Waals surface area contributed by atoms with Gasteiger partial charge in [0.2, 0.25) is 5.91 Å². The molecule has 3 aromatic rings. The second-order valence-corrected chi connectivity index (χ2v) is 5.64. The molecule has 0 aliphatic heterocycles. The summed E-state index contributed by atoms with van der Waals surface area (Å²) >= 11 is 0. The van der Waals surface area contributed by atoms with Crippen LogP contribution in [-0.4, -0.2) is 31.9 Å². The zero-order valence-corrected chi connectivity index (χ0v) is 13.7. The van der Waals surface area contributed by atoms with Crippen LogP contribution in [0.4, 0.5) is 5.69 Å². The number of nitrogens with zero attached hydrogens (tertiary/aromatic N) is 4. The van der Waals surface area contributed by atoms with E-state index in [0.29, 0.717) is 11.3 Å². The third-order valence-electron chi connectivity index (χ3n) is 3.72. The van der Waals surface area contributed by atoms with Crippen LogP contribution in [0.5, 0.6) is 0 Å². The molecule has 7 heteroatoms. The smallest absolute Gasteiger partial charge is 0.224 e. The number of hydrogen-bond donors (Lipinski definition) is 1. The van der Waals surface area contributed by atoms with Crippen molar-refractivity contribution < 1.29 is 9.59 Å². The predicted octanol–water partition coefficient (Wildman–Crippen LogP) is 2.57. The first kappa shape index (κ1) is 16.5. The molecule has 0 bridgehead atoms. The molecule has 1 amide bonds. The number of aryl methyl sites for hydroxylation is 1. The van der Waals surface area contributed by atoms with Gasteiger partial charge in [0.25, 0.3) is 0 Å². The highest BCUT2D eigenvalue weighted by atomic mass is 16.2. The molecule has 0 saturated carbocycles. The molecule has 0 atom stereocenters. The van der Waals surface area contributed by atoms with E-state index >= 15 is 0 Å². The Bertz CT molecular complexity index is 855. The van der Waals surface area contributed by atoms with E-state index in [9.17, 15) is 9.59 Å². The number of aromatic nitrogens is 4. The number of ketones is 1. The minimum absolute atomic E-state index is 0.0378. The number of Topliss-reactive ketones (excluding diaryl/α,β-unsaturated/α-hetero) is 1. The first-order valence-corrected chi connectivity index (χ1v) is 7.85. The summed E-state index contributed by atoms with van der Waals surface area (Å²) in [5, 5.41) is 13.7. The summed E-state index contributed by atoms with van der Waals surface area (Å²) in [6, 6.07) is 14.5. The van der Waals surface area contributed by atoms with Gasteiger partial charge in [-0.1, -0.05) is 29.8 Å². The largest absolute Gasteiger partial charge is 0.326 e. The van der Waals surface area contributed by atoms with E-state index in [0.717, 1.165) is 11.3 Å². The number of nitrogens with one attached hydrogen (secondary N) is 1. The Labute approximate surface area is 144 Å². The van der Waals surface area contributed by atoms with Gasteiger partial charge < -0.3 is 5.32 Å². The number of carbonyl (C=O) groups excluding carboxylic acids is 2. The predicted molar refractivity (Wildman–Crippen MR) is 92.5 cm³/mol. The number of hydrogen-bond acceptors (Lipinski definition) is 5. The van der Waals surface area contributed by atoms with E-state index in [-0.39, 0.29) is 24.5 Å². The summed E-state index contributed by atoms with van der Waals surface area (Å²) < 4.78 is 1.52. The topological polar surface area (TPSA) is 89.8 Å². The third kappa shape index (κ3) is 4.35. The van der Waals surface area contributed by atoms with Crippen LogP contribution in [0.15, 0.2) is 54.9 Å². The summed E-state index contributed by atoms with van der Waals surface area (Å²) in [5.41, 5.74) is 3.17. The molecule has 0 fully saturated rings. The molecule has 2 aromatic carbocycles. The van der Waals surface area contributed by atoms with Gasteiger partial charge in [0.15, 0.2) is 5.78 Å². The molecule has 0 unspecified atom stereocenters. The lowest BCUT2D eigenvalue weighted by Gasteiger charge is -2.06. The Kier molecular flexibility index (Phi) is 4.94. The van der Waals surface area contributed by atoms with Gasteiger partial charge >= 0.3 is 0 Å². The number of tetrazole rings is 1. The first-order chi connectivity index (χ1) is 12.1. The van der Waals surface area contributed by atoms with Crippen LogP contribution >= 0.6 is 0 Å². The van der Waals surface area contributed by atoms with E-state index in [1.165, 1.54) is 11.0 Å². The Hall–Kier alpha value is -3.35. The van der Waals surface area contributed by atoms with Crippen molar-refractivity contribution in [2.75, 3.05) is 5.32 Å². The summed E-state index contributed by atoms with van der Waals surface area (Å²) in [4.78, 5) is 24.1. The third-order valence-corrected chi connectivity index (χ3v) is 3.72. The minimum atomic E-state index is -0.198. The highest BCUT2D eigenvalue weighted by Crippen LogP contribution is 2.13. The molecule has 25 heavy (non-hydrogen) atoms. The molecule has 126 valence electrons. The van der Waals surface area contributed by atoms with Gasteiger partial charge in [-0.05, 0) is 41.6 Å². The highest BCUT2D eigenvalue weighted by Gasteiger charge is 2.09. The molecule has 0 aliphatic carbocycles. The molecule has 0 saturated heterocycles. The molecule has 3 rings (SSSR count). The van der Waals surface area contributed by atoms with Gasteiger partial charge in [0.05, 0.1) is 5.69 Å². The lowest BCUT2D eigenvalue weighted by atomic mass is 10.0.